The summed E-state index contributed by atoms with van der Waals surface area (Å²) < 4.78 is 0. The van der Waals surface area contributed by atoms with Gasteiger partial charge in [-0.1, -0.05) is 37.6 Å². The van der Waals surface area contributed by atoms with Crippen molar-refractivity contribution in [2.75, 3.05) is 0 Å². The number of hydrogen-bond donors (Lipinski definition) is 1. The normalized spacial score (nSPS) is 30.3. The molecule has 1 aliphatic rings. The molecular formula is C15H19ClO2. The monoisotopic (exact) mass is 266 g/mol. The summed E-state index contributed by atoms with van der Waals surface area (Å²) in [4.78, 5) is 11.3. The van der Waals surface area contributed by atoms with E-state index in [2.05, 4.69) is 0 Å². The van der Waals surface area contributed by atoms with Crippen LogP contribution in [0.2, 0.25) is 5.02 Å². The van der Waals surface area contributed by atoms with Gasteiger partial charge in [0, 0.05) is 10.4 Å². The predicted octanol–water partition coefficient (Wildman–Crippen LogP) is 3.25. The highest BCUT2D eigenvalue weighted by molar-refractivity contribution is 6.30. The number of rotatable bonds is 3. The van der Waals surface area contributed by atoms with Crippen LogP contribution in [0.25, 0.3) is 0 Å². The van der Waals surface area contributed by atoms with Crippen molar-refractivity contribution in [3.63, 3.8) is 0 Å². The number of carbonyl (C=O) groups excluding carboxylic acids is 1. The second-order valence-electron chi connectivity index (χ2n) is 5.89. The quantitative estimate of drug-likeness (QED) is 0.853. The molecule has 0 spiro atoms. The van der Waals surface area contributed by atoms with Crippen molar-refractivity contribution < 1.29 is 9.90 Å². The van der Waals surface area contributed by atoms with Crippen molar-refractivity contribution in [1.29, 1.82) is 0 Å². The van der Waals surface area contributed by atoms with Crippen LogP contribution in [0.4, 0.5) is 0 Å². The van der Waals surface area contributed by atoms with Crippen molar-refractivity contribution in [3.8, 4) is 0 Å². The summed E-state index contributed by atoms with van der Waals surface area (Å²) >= 11 is 5.85. The lowest BCUT2D eigenvalue weighted by atomic mass is 9.74. The summed E-state index contributed by atoms with van der Waals surface area (Å²) in [5.41, 5.74) is -0.444. The van der Waals surface area contributed by atoms with Crippen molar-refractivity contribution >= 4 is 17.9 Å². The Labute approximate surface area is 113 Å². The number of aldehydes is 1. The third kappa shape index (κ3) is 2.19. The van der Waals surface area contributed by atoms with E-state index in [4.69, 9.17) is 11.6 Å². The molecule has 0 aromatic heterocycles. The number of hydrogen-bond acceptors (Lipinski definition) is 2. The Balaban J connectivity index is 2.19. The van der Waals surface area contributed by atoms with Gasteiger partial charge in [-0.15, -0.1) is 0 Å². The molecule has 0 amide bonds. The van der Waals surface area contributed by atoms with Gasteiger partial charge in [0.15, 0.2) is 6.29 Å². The molecule has 2 atom stereocenters. The number of halogens is 1. The fourth-order valence-corrected chi connectivity index (χ4v) is 3.05. The molecule has 0 bridgehead atoms. The molecule has 3 heteroatoms. The van der Waals surface area contributed by atoms with Gasteiger partial charge in [0.25, 0.3) is 0 Å². The zero-order chi connectivity index (χ0) is 13.4. The molecule has 0 saturated heterocycles. The molecule has 0 radical (unpaired) electrons. The van der Waals surface area contributed by atoms with Crippen LogP contribution in [-0.4, -0.2) is 17.0 Å². The van der Waals surface area contributed by atoms with E-state index in [0.717, 1.165) is 31.1 Å². The fourth-order valence-electron chi connectivity index (χ4n) is 2.93. The number of benzene rings is 1. The zero-order valence-corrected chi connectivity index (χ0v) is 11.6. The average Bonchev–Trinajstić information content (AvgIpc) is 2.56. The highest BCUT2D eigenvalue weighted by Crippen LogP contribution is 2.49. The smallest absolute Gasteiger partial charge is 0.152 e. The highest BCUT2D eigenvalue weighted by atomic mass is 35.5. The van der Waals surface area contributed by atoms with Crippen LogP contribution in [0.15, 0.2) is 24.3 Å². The molecule has 1 fully saturated rings. The molecule has 0 heterocycles. The van der Waals surface area contributed by atoms with Crippen molar-refractivity contribution in [1.82, 2.24) is 0 Å². The minimum absolute atomic E-state index is 0.00817. The van der Waals surface area contributed by atoms with Crippen molar-refractivity contribution in [3.05, 3.63) is 34.9 Å². The molecule has 1 unspecified atom stereocenters. The SMILES string of the molecule is CC1(C)CCC(Cc2ccc(Cl)cc2)[C@]1(O)C=O. The molecule has 1 aromatic rings. The van der Waals surface area contributed by atoms with Gasteiger partial charge in [0.2, 0.25) is 0 Å². The summed E-state index contributed by atoms with van der Waals surface area (Å²) in [6.45, 7) is 3.92. The highest BCUT2D eigenvalue weighted by Gasteiger charge is 2.53. The van der Waals surface area contributed by atoms with Gasteiger partial charge >= 0.3 is 0 Å². The van der Waals surface area contributed by atoms with E-state index >= 15 is 0 Å². The van der Waals surface area contributed by atoms with E-state index in [1.165, 1.54) is 0 Å². The van der Waals surface area contributed by atoms with Gasteiger partial charge in [-0.2, -0.15) is 0 Å². The van der Waals surface area contributed by atoms with E-state index < -0.39 is 5.60 Å². The van der Waals surface area contributed by atoms with Gasteiger partial charge in [-0.05, 0) is 42.9 Å². The lowest BCUT2D eigenvalue weighted by molar-refractivity contribution is -0.139. The lowest BCUT2D eigenvalue weighted by Crippen LogP contribution is -2.47. The van der Waals surface area contributed by atoms with Gasteiger partial charge in [-0.3, -0.25) is 0 Å². The molecule has 2 nitrogen and oxygen atoms in total. The third-order valence-corrected chi connectivity index (χ3v) is 4.65. The Kier molecular flexibility index (Phi) is 3.52. The molecule has 1 N–H and O–H groups in total. The first-order valence-electron chi connectivity index (χ1n) is 6.32. The molecular weight excluding hydrogens is 248 g/mol. The molecule has 1 aromatic carbocycles. The molecule has 0 aliphatic heterocycles. The Bertz CT molecular complexity index is 438. The summed E-state index contributed by atoms with van der Waals surface area (Å²) in [6.07, 6.45) is 3.21. The molecule has 98 valence electrons. The first-order valence-corrected chi connectivity index (χ1v) is 6.70. The van der Waals surface area contributed by atoms with Crippen LogP contribution in [-0.2, 0) is 11.2 Å². The van der Waals surface area contributed by atoms with Gasteiger partial charge in [-0.25, -0.2) is 0 Å². The Morgan fingerprint density at radius 1 is 1.39 bits per heavy atom. The van der Waals surface area contributed by atoms with Crippen LogP contribution in [0.3, 0.4) is 0 Å². The number of aliphatic hydroxyl groups is 1. The van der Waals surface area contributed by atoms with Gasteiger partial charge in [0.05, 0.1) is 0 Å². The summed E-state index contributed by atoms with van der Waals surface area (Å²) in [5.74, 6) is -0.00817. The second kappa shape index (κ2) is 4.67. The van der Waals surface area contributed by atoms with Crippen molar-refractivity contribution in [2.24, 2.45) is 11.3 Å². The maximum Gasteiger partial charge on any atom is 0.152 e. The molecule has 2 rings (SSSR count). The maximum absolute atomic E-state index is 11.3. The number of carbonyl (C=O) groups is 1. The van der Waals surface area contributed by atoms with E-state index in [-0.39, 0.29) is 11.3 Å². The fraction of sp³-hybridized carbons (Fsp3) is 0.533. The minimum Gasteiger partial charge on any atom is -0.382 e. The molecule has 1 aliphatic carbocycles. The lowest BCUT2D eigenvalue weighted by Gasteiger charge is -2.35. The van der Waals surface area contributed by atoms with E-state index in [1.54, 1.807) is 0 Å². The predicted molar refractivity (Wildman–Crippen MR) is 72.7 cm³/mol. The standard InChI is InChI=1S/C15H19ClO2/c1-14(2)8-7-12(15(14,18)10-17)9-11-3-5-13(16)6-4-11/h3-6,10,12,18H,7-9H2,1-2H3/t12?,15-/m1/s1. The third-order valence-electron chi connectivity index (χ3n) is 4.40. The Morgan fingerprint density at radius 2 is 2.00 bits per heavy atom. The summed E-state index contributed by atoms with van der Waals surface area (Å²) in [5, 5.41) is 11.3. The van der Waals surface area contributed by atoms with Crippen LogP contribution in [0.1, 0.15) is 32.3 Å². The maximum atomic E-state index is 11.3. The average molecular weight is 267 g/mol. The molecule has 1 saturated carbocycles. The van der Waals surface area contributed by atoms with Crippen LogP contribution in [0, 0.1) is 11.3 Å². The van der Waals surface area contributed by atoms with Gasteiger partial charge < -0.3 is 9.90 Å². The van der Waals surface area contributed by atoms with Crippen molar-refractivity contribution in [2.45, 2.75) is 38.7 Å². The van der Waals surface area contributed by atoms with Crippen LogP contribution in [0.5, 0.6) is 0 Å². The van der Waals surface area contributed by atoms with Crippen LogP contribution < -0.4 is 0 Å². The first kappa shape index (κ1) is 13.6. The van der Waals surface area contributed by atoms with E-state index in [1.807, 2.05) is 38.1 Å². The van der Waals surface area contributed by atoms with Crippen LogP contribution >= 0.6 is 11.6 Å². The zero-order valence-electron chi connectivity index (χ0n) is 10.8. The van der Waals surface area contributed by atoms with Gasteiger partial charge in [0.1, 0.15) is 5.60 Å². The summed E-state index contributed by atoms with van der Waals surface area (Å²) in [7, 11) is 0. The van der Waals surface area contributed by atoms with E-state index in [9.17, 15) is 9.90 Å². The Hall–Kier alpha value is -0.860. The minimum atomic E-state index is -1.22. The molecule has 18 heavy (non-hydrogen) atoms. The second-order valence-corrected chi connectivity index (χ2v) is 6.33. The largest absolute Gasteiger partial charge is 0.382 e. The Morgan fingerprint density at radius 3 is 2.56 bits per heavy atom. The summed E-state index contributed by atoms with van der Waals surface area (Å²) in [6, 6.07) is 7.60. The topological polar surface area (TPSA) is 37.3 Å². The van der Waals surface area contributed by atoms with E-state index in [0.29, 0.717) is 5.02 Å². The first-order chi connectivity index (χ1) is 8.39.